The summed E-state index contributed by atoms with van der Waals surface area (Å²) in [5, 5.41) is 2.86. The summed E-state index contributed by atoms with van der Waals surface area (Å²) in [4.78, 5) is 21.0. The van der Waals surface area contributed by atoms with E-state index in [1.807, 2.05) is 0 Å². The number of hydrogen-bond donors (Lipinski definition) is 1. The first kappa shape index (κ1) is 11.1. The first-order chi connectivity index (χ1) is 5.66. The van der Waals surface area contributed by atoms with Gasteiger partial charge in [0.05, 0.1) is 6.54 Å². The fourth-order valence-electron chi connectivity index (χ4n) is 0.689. The number of carbonyl (C=O) groups excluding carboxylic acids is 2. The van der Waals surface area contributed by atoms with E-state index in [2.05, 4.69) is 17.0 Å². The molecule has 70 valence electrons. The van der Waals surface area contributed by atoms with Crippen molar-refractivity contribution in [2.24, 2.45) is 0 Å². The summed E-state index contributed by atoms with van der Waals surface area (Å²) < 4.78 is 4.29. The maximum atomic E-state index is 10.7. The van der Waals surface area contributed by atoms with Gasteiger partial charge in [-0.05, 0) is 13.0 Å². The molecule has 0 bridgehead atoms. The van der Waals surface area contributed by atoms with E-state index in [4.69, 9.17) is 0 Å². The van der Waals surface area contributed by atoms with Gasteiger partial charge in [-0.15, -0.1) is 0 Å². The molecule has 12 heavy (non-hydrogen) atoms. The predicted molar refractivity (Wildman–Crippen MR) is 44.6 cm³/mol. The van der Waals surface area contributed by atoms with Crippen molar-refractivity contribution in [3.63, 3.8) is 0 Å². The summed E-state index contributed by atoms with van der Waals surface area (Å²) >= 11 is 0. The highest BCUT2D eigenvalue weighted by Gasteiger charge is 2.03. The molecule has 0 saturated carbocycles. The molecule has 0 saturated heterocycles. The molecule has 0 aliphatic carbocycles. The zero-order valence-corrected chi connectivity index (χ0v) is 7.55. The molecule has 0 aromatic heterocycles. The van der Waals surface area contributed by atoms with Crippen molar-refractivity contribution >= 4 is 11.9 Å². The van der Waals surface area contributed by atoms with Crippen LogP contribution in [0.5, 0.6) is 0 Å². The summed E-state index contributed by atoms with van der Waals surface area (Å²) in [5.41, 5.74) is 0. The van der Waals surface area contributed by atoms with Crippen molar-refractivity contribution in [2.45, 2.75) is 26.7 Å². The molecule has 0 radical (unpaired) electrons. The van der Waals surface area contributed by atoms with Crippen LogP contribution in [0.1, 0.15) is 26.7 Å². The number of ether oxygens (including phenoxy) is 1. The van der Waals surface area contributed by atoms with E-state index in [1.54, 1.807) is 0 Å². The quantitative estimate of drug-likeness (QED) is 0.373. The molecule has 0 aliphatic heterocycles. The molecular weight excluding hydrogens is 158 g/mol. The number of rotatable bonds is 5. The van der Waals surface area contributed by atoms with Crippen molar-refractivity contribution in [2.75, 3.05) is 13.1 Å². The predicted octanol–water partition coefficient (Wildman–Crippen LogP) is 0.466. The van der Waals surface area contributed by atoms with E-state index in [0.29, 0.717) is 0 Å². The average Bonchev–Trinajstić information content (AvgIpc) is 1.97. The van der Waals surface area contributed by atoms with Gasteiger partial charge >= 0.3 is 11.9 Å². The lowest BCUT2D eigenvalue weighted by Crippen LogP contribution is -2.26. The third-order valence-electron chi connectivity index (χ3n) is 1.23. The molecule has 0 amide bonds. The third kappa shape index (κ3) is 7.21. The highest BCUT2D eigenvalue weighted by Crippen LogP contribution is 1.83. The van der Waals surface area contributed by atoms with E-state index >= 15 is 0 Å². The van der Waals surface area contributed by atoms with E-state index < -0.39 is 11.9 Å². The van der Waals surface area contributed by atoms with Gasteiger partial charge in [-0.1, -0.05) is 13.3 Å². The standard InChI is InChI=1S/C8H15NO3/c1-3-4-5-9-6-8(11)12-7(2)10/h9H,3-6H2,1-2H3. The van der Waals surface area contributed by atoms with Gasteiger partial charge in [-0.3, -0.25) is 9.59 Å². The van der Waals surface area contributed by atoms with E-state index in [0.717, 1.165) is 19.4 Å². The van der Waals surface area contributed by atoms with E-state index in [-0.39, 0.29) is 6.54 Å². The van der Waals surface area contributed by atoms with Gasteiger partial charge in [-0.2, -0.15) is 0 Å². The van der Waals surface area contributed by atoms with Gasteiger partial charge in [0.25, 0.3) is 0 Å². The fraction of sp³-hybridized carbons (Fsp3) is 0.750. The molecule has 0 aromatic carbocycles. The van der Waals surface area contributed by atoms with Gasteiger partial charge in [0.2, 0.25) is 0 Å². The Morgan fingerprint density at radius 2 is 2.08 bits per heavy atom. The second kappa shape index (κ2) is 6.79. The molecule has 0 unspecified atom stereocenters. The van der Waals surface area contributed by atoms with Crippen LogP contribution >= 0.6 is 0 Å². The van der Waals surface area contributed by atoms with Crippen LogP contribution in [0.3, 0.4) is 0 Å². The lowest BCUT2D eigenvalue weighted by atomic mass is 10.3. The number of hydrogen-bond acceptors (Lipinski definition) is 4. The molecule has 0 spiro atoms. The highest BCUT2D eigenvalue weighted by atomic mass is 16.6. The Morgan fingerprint density at radius 1 is 1.42 bits per heavy atom. The minimum atomic E-state index is -0.558. The van der Waals surface area contributed by atoms with Crippen LogP contribution in [0.25, 0.3) is 0 Å². The zero-order chi connectivity index (χ0) is 9.40. The Hall–Kier alpha value is -0.900. The number of carbonyl (C=O) groups is 2. The molecule has 4 nitrogen and oxygen atoms in total. The van der Waals surface area contributed by atoms with Crippen LogP contribution in [0, 0.1) is 0 Å². The molecule has 4 heteroatoms. The van der Waals surface area contributed by atoms with Crippen LogP contribution in [-0.4, -0.2) is 25.0 Å². The van der Waals surface area contributed by atoms with Gasteiger partial charge in [0.15, 0.2) is 0 Å². The van der Waals surface area contributed by atoms with Crippen LogP contribution in [0.4, 0.5) is 0 Å². The monoisotopic (exact) mass is 173 g/mol. The molecule has 0 aliphatic rings. The maximum Gasteiger partial charge on any atom is 0.327 e. The van der Waals surface area contributed by atoms with Crippen LogP contribution in [0.2, 0.25) is 0 Å². The van der Waals surface area contributed by atoms with E-state index in [9.17, 15) is 9.59 Å². The number of unbranched alkanes of at least 4 members (excludes halogenated alkanes) is 1. The molecule has 1 N–H and O–H groups in total. The maximum absolute atomic E-state index is 10.7. The first-order valence-electron chi connectivity index (χ1n) is 4.08. The van der Waals surface area contributed by atoms with Crippen molar-refractivity contribution < 1.29 is 14.3 Å². The number of nitrogens with one attached hydrogen (secondary N) is 1. The van der Waals surface area contributed by atoms with Crippen molar-refractivity contribution in [3.8, 4) is 0 Å². The van der Waals surface area contributed by atoms with Gasteiger partial charge < -0.3 is 10.1 Å². The van der Waals surface area contributed by atoms with Crippen LogP contribution < -0.4 is 5.32 Å². The molecule has 0 heterocycles. The molecule has 0 atom stereocenters. The second-order valence-corrected chi connectivity index (χ2v) is 2.50. The van der Waals surface area contributed by atoms with Crippen molar-refractivity contribution in [1.29, 1.82) is 0 Å². The Kier molecular flexibility index (Phi) is 6.28. The third-order valence-corrected chi connectivity index (χ3v) is 1.23. The lowest BCUT2D eigenvalue weighted by molar-refractivity contribution is -0.157. The van der Waals surface area contributed by atoms with Gasteiger partial charge in [0, 0.05) is 6.92 Å². The van der Waals surface area contributed by atoms with Gasteiger partial charge in [0.1, 0.15) is 0 Å². The fourth-order valence-corrected chi connectivity index (χ4v) is 0.689. The summed E-state index contributed by atoms with van der Waals surface area (Å²) in [6.07, 6.45) is 2.10. The Balaban J connectivity index is 3.26. The Bertz CT molecular complexity index is 156. The van der Waals surface area contributed by atoms with Gasteiger partial charge in [-0.25, -0.2) is 0 Å². The van der Waals surface area contributed by atoms with E-state index in [1.165, 1.54) is 6.92 Å². The normalized spacial score (nSPS) is 9.50. The lowest BCUT2D eigenvalue weighted by Gasteiger charge is -2.01. The van der Waals surface area contributed by atoms with Crippen molar-refractivity contribution in [3.05, 3.63) is 0 Å². The Morgan fingerprint density at radius 3 is 2.58 bits per heavy atom. The summed E-state index contributed by atoms with van der Waals surface area (Å²) in [6, 6.07) is 0. The van der Waals surface area contributed by atoms with Crippen LogP contribution in [0.15, 0.2) is 0 Å². The minimum absolute atomic E-state index is 0.111. The summed E-state index contributed by atoms with van der Waals surface area (Å²) in [6.45, 7) is 4.17. The SMILES string of the molecule is CCCCNCC(=O)OC(C)=O. The molecule has 0 fully saturated rings. The minimum Gasteiger partial charge on any atom is -0.392 e. The number of esters is 2. The first-order valence-corrected chi connectivity index (χ1v) is 4.08. The van der Waals surface area contributed by atoms with Crippen LogP contribution in [-0.2, 0) is 14.3 Å². The highest BCUT2D eigenvalue weighted by molar-refractivity contribution is 5.85. The topological polar surface area (TPSA) is 55.4 Å². The molecular formula is C8H15NO3. The Labute approximate surface area is 72.3 Å². The average molecular weight is 173 g/mol. The molecule has 0 rings (SSSR count). The largest absolute Gasteiger partial charge is 0.392 e. The smallest absolute Gasteiger partial charge is 0.327 e. The second-order valence-electron chi connectivity index (χ2n) is 2.50. The zero-order valence-electron chi connectivity index (χ0n) is 7.55. The summed E-state index contributed by atoms with van der Waals surface area (Å²) in [7, 11) is 0. The summed E-state index contributed by atoms with van der Waals surface area (Å²) in [5.74, 6) is -1.07. The van der Waals surface area contributed by atoms with Crippen molar-refractivity contribution in [1.82, 2.24) is 5.32 Å². The molecule has 0 aromatic rings.